The average Bonchev–Trinajstić information content (AvgIpc) is 2.83. The molecule has 35 heavy (non-hydrogen) atoms. The highest BCUT2D eigenvalue weighted by Crippen LogP contribution is 2.28. The molecule has 3 aromatic rings. The second kappa shape index (κ2) is 12.1. The molecule has 3 rings (SSSR count). The van der Waals surface area contributed by atoms with Gasteiger partial charge in [0.05, 0.1) is 17.1 Å². The Morgan fingerprint density at radius 1 is 1.00 bits per heavy atom. The SMILES string of the molecule is CCC[C@@H](C)NC(=O)COc1ccc(N(Cc2ccc(Cl)cc2)S(=O)(=O)c2ccc(C)cc2)cc1. The number of sulfonamides is 1. The van der Waals surface area contributed by atoms with Crippen LogP contribution in [0.15, 0.2) is 77.7 Å². The van der Waals surface area contributed by atoms with Crippen molar-refractivity contribution in [3.63, 3.8) is 0 Å². The van der Waals surface area contributed by atoms with Gasteiger partial charge in [-0.25, -0.2) is 8.42 Å². The molecule has 0 heterocycles. The fraction of sp³-hybridized carbons (Fsp3) is 0.296. The van der Waals surface area contributed by atoms with Crippen LogP contribution in [0.25, 0.3) is 0 Å². The molecule has 6 nitrogen and oxygen atoms in total. The lowest BCUT2D eigenvalue weighted by Gasteiger charge is -2.25. The van der Waals surface area contributed by atoms with Crippen molar-refractivity contribution in [2.24, 2.45) is 0 Å². The summed E-state index contributed by atoms with van der Waals surface area (Å²) in [5.74, 6) is 0.285. The number of nitrogens with zero attached hydrogens (tertiary/aromatic N) is 1. The number of amides is 1. The van der Waals surface area contributed by atoms with E-state index in [0.29, 0.717) is 16.5 Å². The van der Waals surface area contributed by atoms with E-state index in [9.17, 15) is 13.2 Å². The molecular weight excluding hydrogens is 484 g/mol. The van der Waals surface area contributed by atoms with Crippen molar-refractivity contribution in [1.82, 2.24) is 5.32 Å². The van der Waals surface area contributed by atoms with Crippen LogP contribution >= 0.6 is 11.6 Å². The highest BCUT2D eigenvalue weighted by Gasteiger charge is 2.25. The van der Waals surface area contributed by atoms with Crippen molar-refractivity contribution in [2.75, 3.05) is 10.9 Å². The average molecular weight is 515 g/mol. The molecule has 3 aromatic carbocycles. The number of anilines is 1. The quantitative estimate of drug-likeness (QED) is 0.354. The smallest absolute Gasteiger partial charge is 0.264 e. The Hall–Kier alpha value is -3.03. The lowest BCUT2D eigenvalue weighted by atomic mass is 10.2. The maximum atomic E-state index is 13.6. The second-order valence-corrected chi connectivity index (χ2v) is 10.8. The van der Waals surface area contributed by atoms with E-state index in [-0.39, 0.29) is 30.0 Å². The van der Waals surface area contributed by atoms with E-state index in [1.54, 1.807) is 72.8 Å². The first-order valence-corrected chi connectivity index (χ1v) is 13.4. The Morgan fingerprint density at radius 3 is 2.23 bits per heavy atom. The molecule has 186 valence electrons. The van der Waals surface area contributed by atoms with Crippen molar-refractivity contribution in [3.8, 4) is 5.75 Å². The van der Waals surface area contributed by atoms with Gasteiger partial charge >= 0.3 is 0 Å². The maximum absolute atomic E-state index is 13.6. The zero-order valence-electron chi connectivity index (χ0n) is 20.2. The Kier molecular flexibility index (Phi) is 9.18. The van der Waals surface area contributed by atoms with Crippen LogP contribution in [0.1, 0.15) is 37.8 Å². The number of nitrogens with one attached hydrogen (secondary N) is 1. The molecule has 0 spiro atoms. The van der Waals surface area contributed by atoms with Crippen LogP contribution in [0.2, 0.25) is 5.02 Å². The van der Waals surface area contributed by atoms with Crippen molar-refractivity contribution in [3.05, 3.63) is 88.9 Å². The summed E-state index contributed by atoms with van der Waals surface area (Å²) >= 11 is 6.00. The largest absolute Gasteiger partial charge is 0.484 e. The lowest BCUT2D eigenvalue weighted by molar-refractivity contribution is -0.123. The van der Waals surface area contributed by atoms with Crippen LogP contribution < -0.4 is 14.4 Å². The molecule has 0 bridgehead atoms. The number of ether oxygens (including phenoxy) is 1. The van der Waals surface area contributed by atoms with Crippen molar-refractivity contribution in [2.45, 2.75) is 51.1 Å². The van der Waals surface area contributed by atoms with Crippen LogP contribution in [0.4, 0.5) is 5.69 Å². The normalized spacial score (nSPS) is 12.1. The molecule has 0 radical (unpaired) electrons. The molecule has 0 fully saturated rings. The Morgan fingerprint density at radius 2 is 1.63 bits per heavy atom. The van der Waals surface area contributed by atoms with Gasteiger partial charge < -0.3 is 10.1 Å². The predicted octanol–water partition coefficient (Wildman–Crippen LogP) is 5.73. The Balaban J connectivity index is 1.81. The summed E-state index contributed by atoms with van der Waals surface area (Å²) in [6.45, 7) is 5.95. The molecule has 0 saturated heterocycles. The molecule has 1 atom stereocenters. The monoisotopic (exact) mass is 514 g/mol. The van der Waals surface area contributed by atoms with Gasteiger partial charge in [-0.3, -0.25) is 9.10 Å². The summed E-state index contributed by atoms with van der Waals surface area (Å²) < 4.78 is 34.1. The van der Waals surface area contributed by atoms with Gasteiger partial charge in [0.15, 0.2) is 6.61 Å². The minimum atomic E-state index is -3.84. The molecular formula is C27H31ClN2O4S. The third-order valence-electron chi connectivity index (χ3n) is 5.47. The number of aryl methyl sites for hydroxylation is 1. The fourth-order valence-corrected chi connectivity index (χ4v) is 5.17. The van der Waals surface area contributed by atoms with E-state index in [2.05, 4.69) is 12.2 Å². The van der Waals surface area contributed by atoms with E-state index >= 15 is 0 Å². The van der Waals surface area contributed by atoms with E-state index in [4.69, 9.17) is 16.3 Å². The molecule has 0 aliphatic carbocycles. The first-order valence-electron chi connectivity index (χ1n) is 11.5. The topological polar surface area (TPSA) is 75.7 Å². The van der Waals surface area contributed by atoms with E-state index in [1.807, 2.05) is 13.8 Å². The summed E-state index contributed by atoms with van der Waals surface area (Å²) in [7, 11) is -3.84. The number of hydrogen-bond acceptors (Lipinski definition) is 4. The Bertz CT molecular complexity index is 1210. The van der Waals surface area contributed by atoms with Crippen LogP contribution in [0.5, 0.6) is 5.75 Å². The van der Waals surface area contributed by atoms with Crippen LogP contribution in [-0.4, -0.2) is 27.0 Å². The van der Waals surface area contributed by atoms with Crippen LogP contribution in [0.3, 0.4) is 0 Å². The highest BCUT2D eigenvalue weighted by atomic mass is 35.5. The number of hydrogen-bond donors (Lipinski definition) is 1. The van der Waals surface area contributed by atoms with Gasteiger partial charge in [-0.05, 0) is 74.4 Å². The van der Waals surface area contributed by atoms with Gasteiger partial charge in [0.2, 0.25) is 0 Å². The number of carbonyl (C=O) groups is 1. The maximum Gasteiger partial charge on any atom is 0.264 e. The van der Waals surface area contributed by atoms with E-state index in [1.165, 1.54) is 4.31 Å². The minimum absolute atomic E-state index is 0.0897. The standard InChI is InChI=1S/C27H31ClN2O4S/c1-4-5-21(3)29-27(31)19-34-25-14-12-24(13-15-25)30(18-22-8-10-23(28)11-9-22)35(32,33)26-16-6-20(2)7-17-26/h6-17,21H,4-5,18-19H2,1-3H3,(H,29,31)/t21-/m1/s1. The second-order valence-electron chi connectivity index (χ2n) is 8.49. The third kappa shape index (κ3) is 7.47. The van der Waals surface area contributed by atoms with Crippen LogP contribution in [0, 0.1) is 6.92 Å². The van der Waals surface area contributed by atoms with Gasteiger partial charge in [0.25, 0.3) is 15.9 Å². The predicted molar refractivity (Wildman–Crippen MR) is 140 cm³/mol. The van der Waals surface area contributed by atoms with E-state index < -0.39 is 10.0 Å². The highest BCUT2D eigenvalue weighted by molar-refractivity contribution is 7.92. The summed E-state index contributed by atoms with van der Waals surface area (Å²) in [5, 5.41) is 3.47. The Labute approximate surface area is 212 Å². The summed E-state index contributed by atoms with van der Waals surface area (Å²) in [4.78, 5) is 12.3. The molecule has 0 aliphatic heterocycles. The number of halogens is 1. The molecule has 0 saturated carbocycles. The fourth-order valence-electron chi connectivity index (χ4n) is 3.59. The molecule has 0 unspecified atom stereocenters. The zero-order valence-corrected chi connectivity index (χ0v) is 21.8. The number of benzene rings is 3. The number of carbonyl (C=O) groups excluding carboxylic acids is 1. The van der Waals surface area contributed by atoms with Gasteiger partial charge in [-0.1, -0.05) is 54.8 Å². The number of rotatable bonds is 11. The summed E-state index contributed by atoms with van der Waals surface area (Å²) in [6, 6.07) is 20.6. The van der Waals surface area contributed by atoms with Crippen molar-refractivity contribution >= 4 is 33.2 Å². The minimum Gasteiger partial charge on any atom is -0.484 e. The molecule has 1 amide bonds. The summed E-state index contributed by atoms with van der Waals surface area (Å²) in [5.41, 5.74) is 2.25. The van der Waals surface area contributed by atoms with Crippen LogP contribution in [-0.2, 0) is 21.4 Å². The molecule has 1 N–H and O–H groups in total. The lowest BCUT2D eigenvalue weighted by Crippen LogP contribution is -2.35. The van der Waals surface area contributed by atoms with Gasteiger partial charge in [-0.2, -0.15) is 0 Å². The van der Waals surface area contributed by atoms with E-state index in [0.717, 1.165) is 24.0 Å². The molecule has 0 aliphatic rings. The zero-order chi connectivity index (χ0) is 25.4. The first kappa shape index (κ1) is 26.6. The van der Waals surface area contributed by atoms with Crippen molar-refractivity contribution in [1.29, 1.82) is 0 Å². The molecule has 8 heteroatoms. The molecule has 0 aromatic heterocycles. The van der Waals surface area contributed by atoms with Gasteiger partial charge in [0, 0.05) is 11.1 Å². The van der Waals surface area contributed by atoms with Gasteiger partial charge in [-0.15, -0.1) is 0 Å². The summed E-state index contributed by atoms with van der Waals surface area (Å²) in [6.07, 6.45) is 1.89. The third-order valence-corrected chi connectivity index (χ3v) is 7.51. The van der Waals surface area contributed by atoms with Gasteiger partial charge in [0.1, 0.15) is 5.75 Å². The first-order chi connectivity index (χ1) is 16.7. The van der Waals surface area contributed by atoms with Crippen molar-refractivity contribution < 1.29 is 17.9 Å².